The van der Waals surface area contributed by atoms with E-state index in [1.807, 2.05) is 42.7 Å². The van der Waals surface area contributed by atoms with Crippen LogP contribution in [0.2, 0.25) is 0 Å². The second kappa shape index (κ2) is 9.17. The molecule has 28 heavy (non-hydrogen) atoms. The number of methoxy groups -OCH3 is 1. The van der Waals surface area contributed by atoms with Gasteiger partial charge in [-0.2, -0.15) is 0 Å². The van der Waals surface area contributed by atoms with E-state index >= 15 is 0 Å². The second-order valence-corrected chi connectivity index (χ2v) is 6.91. The summed E-state index contributed by atoms with van der Waals surface area (Å²) in [5.74, 6) is 2.13. The Balaban J connectivity index is 1.52. The third kappa shape index (κ3) is 4.76. The number of nitrogens with zero attached hydrogens (tertiary/aromatic N) is 3. The molecule has 0 saturated carbocycles. The Hall–Kier alpha value is -3.15. The molecule has 0 aliphatic rings. The standard InChI is InChI=1S/C22H26N4O2/c1-16(2)21-23-11-13-26(21)12-5-10-24-22(27)18-8-9-20(25-15-18)17-6-4-7-19(14-17)28-3/h4,6-9,11,13-16H,5,10,12H2,1-3H3,(H,24,27). The van der Waals surface area contributed by atoms with E-state index in [1.54, 1.807) is 19.4 Å². The van der Waals surface area contributed by atoms with Crippen molar-refractivity contribution in [1.29, 1.82) is 0 Å². The van der Waals surface area contributed by atoms with Gasteiger partial charge in [0.25, 0.3) is 5.91 Å². The first-order chi connectivity index (χ1) is 13.6. The van der Waals surface area contributed by atoms with Gasteiger partial charge in [-0.15, -0.1) is 0 Å². The summed E-state index contributed by atoms with van der Waals surface area (Å²) in [6, 6.07) is 11.3. The minimum absolute atomic E-state index is 0.112. The summed E-state index contributed by atoms with van der Waals surface area (Å²) in [6.07, 6.45) is 6.26. The van der Waals surface area contributed by atoms with Gasteiger partial charge in [0.15, 0.2) is 0 Å². The molecule has 0 fully saturated rings. The van der Waals surface area contributed by atoms with Gasteiger partial charge in [0.1, 0.15) is 11.6 Å². The minimum Gasteiger partial charge on any atom is -0.497 e. The normalized spacial score (nSPS) is 10.9. The number of aromatic nitrogens is 3. The molecule has 1 aromatic carbocycles. The van der Waals surface area contributed by atoms with Crippen LogP contribution in [0.4, 0.5) is 0 Å². The highest BCUT2D eigenvalue weighted by molar-refractivity contribution is 5.94. The first kappa shape index (κ1) is 19.6. The molecule has 2 heterocycles. The molecule has 1 amide bonds. The van der Waals surface area contributed by atoms with E-state index in [2.05, 4.69) is 33.7 Å². The number of carbonyl (C=O) groups is 1. The van der Waals surface area contributed by atoms with Crippen molar-refractivity contribution in [3.05, 3.63) is 66.4 Å². The van der Waals surface area contributed by atoms with Crippen LogP contribution in [0.3, 0.4) is 0 Å². The van der Waals surface area contributed by atoms with Crippen LogP contribution in [0, 0.1) is 0 Å². The molecule has 3 aromatic rings. The number of hydrogen-bond donors (Lipinski definition) is 1. The summed E-state index contributed by atoms with van der Waals surface area (Å²) in [7, 11) is 1.64. The quantitative estimate of drug-likeness (QED) is 0.604. The van der Waals surface area contributed by atoms with Crippen LogP contribution < -0.4 is 10.1 Å². The lowest BCUT2D eigenvalue weighted by atomic mass is 10.1. The fraction of sp³-hybridized carbons (Fsp3) is 0.318. The Bertz CT molecular complexity index is 916. The first-order valence-corrected chi connectivity index (χ1v) is 9.48. The minimum atomic E-state index is -0.112. The summed E-state index contributed by atoms with van der Waals surface area (Å²) in [4.78, 5) is 21.1. The van der Waals surface area contributed by atoms with Crippen molar-refractivity contribution >= 4 is 5.91 Å². The Morgan fingerprint density at radius 3 is 2.79 bits per heavy atom. The number of benzene rings is 1. The average Bonchev–Trinajstić information content (AvgIpc) is 3.20. The van der Waals surface area contributed by atoms with Crippen molar-refractivity contribution in [3.63, 3.8) is 0 Å². The molecule has 0 bridgehead atoms. The fourth-order valence-electron chi connectivity index (χ4n) is 3.05. The second-order valence-electron chi connectivity index (χ2n) is 6.91. The highest BCUT2D eigenvalue weighted by atomic mass is 16.5. The molecule has 0 aliphatic heterocycles. The number of hydrogen-bond acceptors (Lipinski definition) is 4. The van der Waals surface area contributed by atoms with Crippen molar-refractivity contribution in [2.45, 2.75) is 32.7 Å². The van der Waals surface area contributed by atoms with Crippen molar-refractivity contribution in [2.24, 2.45) is 0 Å². The third-order valence-electron chi connectivity index (χ3n) is 4.52. The van der Waals surface area contributed by atoms with Crippen LogP contribution in [-0.4, -0.2) is 34.1 Å². The number of amides is 1. The summed E-state index contributed by atoms with van der Waals surface area (Å²) in [5, 5.41) is 2.95. The number of aryl methyl sites for hydroxylation is 1. The Labute approximate surface area is 165 Å². The van der Waals surface area contributed by atoms with Crippen molar-refractivity contribution in [3.8, 4) is 17.0 Å². The van der Waals surface area contributed by atoms with Gasteiger partial charge in [-0.25, -0.2) is 4.98 Å². The number of pyridine rings is 1. The van der Waals surface area contributed by atoms with Crippen LogP contribution >= 0.6 is 0 Å². The predicted molar refractivity (Wildman–Crippen MR) is 109 cm³/mol. The lowest BCUT2D eigenvalue weighted by Gasteiger charge is -2.11. The number of nitrogens with one attached hydrogen (secondary N) is 1. The fourth-order valence-corrected chi connectivity index (χ4v) is 3.05. The summed E-state index contributed by atoms with van der Waals surface area (Å²) >= 11 is 0. The van der Waals surface area contributed by atoms with Crippen molar-refractivity contribution in [2.75, 3.05) is 13.7 Å². The number of ether oxygens (including phenoxy) is 1. The van der Waals surface area contributed by atoms with E-state index in [1.165, 1.54) is 0 Å². The Kier molecular flexibility index (Phi) is 6.42. The molecule has 6 heteroatoms. The Morgan fingerprint density at radius 2 is 2.07 bits per heavy atom. The molecule has 2 aromatic heterocycles. The maximum atomic E-state index is 12.3. The van der Waals surface area contributed by atoms with E-state index in [0.29, 0.717) is 18.0 Å². The molecule has 0 aliphatic carbocycles. The molecule has 146 valence electrons. The first-order valence-electron chi connectivity index (χ1n) is 9.48. The molecule has 0 saturated heterocycles. The summed E-state index contributed by atoms with van der Waals surface area (Å²) in [5.41, 5.74) is 2.31. The maximum Gasteiger partial charge on any atom is 0.252 e. The van der Waals surface area contributed by atoms with Crippen LogP contribution in [-0.2, 0) is 6.54 Å². The zero-order valence-electron chi connectivity index (χ0n) is 16.6. The zero-order chi connectivity index (χ0) is 19.9. The van der Waals surface area contributed by atoms with Gasteiger partial charge in [-0.3, -0.25) is 9.78 Å². The summed E-state index contributed by atoms with van der Waals surface area (Å²) in [6.45, 7) is 5.69. The van der Waals surface area contributed by atoms with Crippen molar-refractivity contribution < 1.29 is 9.53 Å². The largest absolute Gasteiger partial charge is 0.497 e. The van der Waals surface area contributed by atoms with Gasteiger partial charge < -0.3 is 14.6 Å². The van der Waals surface area contributed by atoms with E-state index in [-0.39, 0.29) is 5.91 Å². The van der Waals surface area contributed by atoms with Gasteiger partial charge in [0, 0.05) is 43.2 Å². The van der Waals surface area contributed by atoms with Gasteiger partial charge in [-0.1, -0.05) is 26.0 Å². The topological polar surface area (TPSA) is 69.0 Å². The lowest BCUT2D eigenvalue weighted by Crippen LogP contribution is -2.25. The molecular formula is C22H26N4O2. The molecular weight excluding hydrogens is 352 g/mol. The van der Waals surface area contributed by atoms with Crippen LogP contribution in [0.5, 0.6) is 5.75 Å². The molecule has 6 nitrogen and oxygen atoms in total. The van der Waals surface area contributed by atoms with Gasteiger partial charge in [0.2, 0.25) is 0 Å². The maximum absolute atomic E-state index is 12.3. The van der Waals surface area contributed by atoms with E-state index < -0.39 is 0 Å². The van der Waals surface area contributed by atoms with Gasteiger partial charge in [0.05, 0.1) is 18.4 Å². The van der Waals surface area contributed by atoms with E-state index in [4.69, 9.17) is 4.74 Å². The van der Waals surface area contributed by atoms with Crippen LogP contribution in [0.15, 0.2) is 55.0 Å². The third-order valence-corrected chi connectivity index (χ3v) is 4.52. The zero-order valence-corrected chi connectivity index (χ0v) is 16.6. The molecule has 3 rings (SSSR count). The smallest absolute Gasteiger partial charge is 0.252 e. The SMILES string of the molecule is COc1cccc(-c2ccc(C(=O)NCCCn3ccnc3C(C)C)cn2)c1. The van der Waals surface area contributed by atoms with Gasteiger partial charge in [-0.05, 0) is 30.7 Å². The molecule has 1 N–H and O–H groups in total. The highest BCUT2D eigenvalue weighted by Crippen LogP contribution is 2.22. The van der Waals surface area contributed by atoms with E-state index in [9.17, 15) is 4.79 Å². The van der Waals surface area contributed by atoms with Crippen molar-refractivity contribution in [1.82, 2.24) is 19.9 Å². The number of rotatable bonds is 8. The molecule has 0 atom stereocenters. The predicted octanol–water partition coefficient (Wildman–Crippen LogP) is 3.90. The Morgan fingerprint density at radius 1 is 1.21 bits per heavy atom. The summed E-state index contributed by atoms with van der Waals surface area (Å²) < 4.78 is 7.38. The highest BCUT2D eigenvalue weighted by Gasteiger charge is 2.09. The number of imidazole rings is 1. The monoisotopic (exact) mass is 378 g/mol. The lowest BCUT2D eigenvalue weighted by molar-refractivity contribution is 0.0952. The molecule has 0 unspecified atom stereocenters. The van der Waals surface area contributed by atoms with Crippen LogP contribution in [0.1, 0.15) is 42.4 Å². The number of carbonyl (C=O) groups excluding carboxylic acids is 1. The molecule has 0 radical (unpaired) electrons. The van der Waals surface area contributed by atoms with Crippen LogP contribution in [0.25, 0.3) is 11.3 Å². The molecule has 0 spiro atoms. The van der Waals surface area contributed by atoms with Gasteiger partial charge >= 0.3 is 0 Å². The average molecular weight is 378 g/mol. The van der Waals surface area contributed by atoms with E-state index in [0.717, 1.165) is 35.8 Å².